The van der Waals surface area contributed by atoms with Crippen molar-refractivity contribution >= 4 is 5.91 Å². The Bertz CT molecular complexity index is 327. The van der Waals surface area contributed by atoms with E-state index in [2.05, 4.69) is 5.32 Å². The highest BCUT2D eigenvalue weighted by Gasteiger charge is 2.00. The van der Waals surface area contributed by atoms with Gasteiger partial charge in [0.1, 0.15) is 6.61 Å². The van der Waals surface area contributed by atoms with Crippen LogP contribution in [0.5, 0.6) is 0 Å². The van der Waals surface area contributed by atoms with Crippen LogP contribution in [0.25, 0.3) is 0 Å². The summed E-state index contributed by atoms with van der Waals surface area (Å²) >= 11 is 0. The highest BCUT2D eigenvalue weighted by molar-refractivity contribution is 5.77. The number of aliphatic hydroxyl groups is 1. The summed E-state index contributed by atoms with van der Waals surface area (Å²) in [4.78, 5) is 11.4. The lowest BCUT2D eigenvalue weighted by Crippen LogP contribution is -2.28. The molecule has 0 saturated heterocycles. The van der Waals surface area contributed by atoms with E-state index >= 15 is 0 Å². The number of unbranched alkanes of at least 4 members (excludes halogenated alkanes) is 2. The van der Waals surface area contributed by atoms with Crippen molar-refractivity contribution in [3.8, 4) is 0 Å². The fourth-order valence-electron chi connectivity index (χ4n) is 1.53. The quantitative estimate of drug-likeness (QED) is 0.654. The minimum Gasteiger partial charge on any atom is -0.396 e. The van der Waals surface area contributed by atoms with Crippen LogP contribution in [0.3, 0.4) is 0 Å². The van der Waals surface area contributed by atoms with Crippen molar-refractivity contribution in [1.29, 1.82) is 0 Å². The minimum atomic E-state index is -0.0880. The summed E-state index contributed by atoms with van der Waals surface area (Å²) < 4.78 is 5.31. The molecule has 0 heterocycles. The molecule has 0 radical (unpaired) electrons. The van der Waals surface area contributed by atoms with Gasteiger partial charge in [-0.15, -0.1) is 0 Å². The number of amides is 1. The number of ether oxygens (including phenoxy) is 1. The molecule has 0 atom stereocenters. The molecule has 1 rings (SSSR count). The monoisotopic (exact) mass is 251 g/mol. The lowest BCUT2D eigenvalue weighted by Gasteiger charge is -2.06. The number of hydrogen-bond acceptors (Lipinski definition) is 3. The van der Waals surface area contributed by atoms with E-state index < -0.39 is 0 Å². The van der Waals surface area contributed by atoms with Crippen LogP contribution in [0, 0.1) is 0 Å². The number of rotatable bonds is 9. The van der Waals surface area contributed by atoms with Crippen molar-refractivity contribution in [2.45, 2.75) is 25.9 Å². The van der Waals surface area contributed by atoms with Crippen molar-refractivity contribution in [1.82, 2.24) is 5.32 Å². The topological polar surface area (TPSA) is 58.6 Å². The molecule has 0 unspecified atom stereocenters. The van der Waals surface area contributed by atoms with Gasteiger partial charge in [0.25, 0.3) is 0 Å². The molecule has 1 amide bonds. The molecule has 4 nitrogen and oxygen atoms in total. The van der Waals surface area contributed by atoms with Gasteiger partial charge in [-0.2, -0.15) is 0 Å². The average Bonchev–Trinajstić information content (AvgIpc) is 2.40. The summed E-state index contributed by atoms with van der Waals surface area (Å²) in [5, 5.41) is 11.4. The number of nitrogens with one attached hydrogen (secondary N) is 1. The lowest BCUT2D eigenvalue weighted by molar-refractivity contribution is -0.126. The van der Waals surface area contributed by atoms with Gasteiger partial charge in [0.15, 0.2) is 0 Å². The summed E-state index contributed by atoms with van der Waals surface area (Å²) in [6, 6.07) is 9.77. The number of hydrogen-bond donors (Lipinski definition) is 2. The van der Waals surface area contributed by atoms with E-state index in [0.717, 1.165) is 24.8 Å². The molecule has 0 saturated carbocycles. The Morgan fingerprint density at radius 2 is 1.94 bits per heavy atom. The molecule has 0 aliphatic carbocycles. The smallest absolute Gasteiger partial charge is 0.246 e. The molecular weight excluding hydrogens is 230 g/mol. The van der Waals surface area contributed by atoms with Crippen LogP contribution in [0.4, 0.5) is 0 Å². The second-order valence-electron chi connectivity index (χ2n) is 4.11. The molecule has 0 aromatic heterocycles. The van der Waals surface area contributed by atoms with Gasteiger partial charge in [-0.05, 0) is 24.8 Å². The normalized spacial score (nSPS) is 10.3. The van der Waals surface area contributed by atoms with Crippen molar-refractivity contribution in [3.05, 3.63) is 35.9 Å². The summed E-state index contributed by atoms with van der Waals surface area (Å²) in [6.07, 6.45) is 2.62. The highest BCUT2D eigenvalue weighted by atomic mass is 16.5. The first-order valence-corrected chi connectivity index (χ1v) is 6.32. The predicted molar refractivity (Wildman–Crippen MR) is 70.0 cm³/mol. The zero-order valence-corrected chi connectivity index (χ0v) is 10.6. The summed E-state index contributed by atoms with van der Waals surface area (Å²) in [5.74, 6) is -0.0880. The van der Waals surface area contributed by atoms with Gasteiger partial charge >= 0.3 is 0 Å². The van der Waals surface area contributed by atoms with E-state index in [-0.39, 0.29) is 19.1 Å². The second-order valence-corrected chi connectivity index (χ2v) is 4.11. The Balaban J connectivity index is 2.00. The Hall–Kier alpha value is -1.39. The molecule has 0 fully saturated rings. The predicted octanol–water partition coefficient (Wildman–Crippen LogP) is 1.48. The van der Waals surface area contributed by atoms with Crippen LogP contribution in [0.15, 0.2) is 30.3 Å². The van der Waals surface area contributed by atoms with Crippen LogP contribution < -0.4 is 5.32 Å². The Morgan fingerprint density at radius 1 is 1.17 bits per heavy atom. The maximum absolute atomic E-state index is 11.4. The summed E-state index contributed by atoms with van der Waals surface area (Å²) in [7, 11) is 0. The third-order valence-electron chi connectivity index (χ3n) is 2.50. The van der Waals surface area contributed by atoms with E-state index in [1.807, 2.05) is 30.3 Å². The zero-order chi connectivity index (χ0) is 13.1. The Morgan fingerprint density at radius 3 is 2.67 bits per heavy atom. The molecule has 1 aromatic rings. The molecule has 18 heavy (non-hydrogen) atoms. The number of carbonyl (C=O) groups is 1. The van der Waals surface area contributed by atoms with Crippen LogP contribution >= 0.6 is 0 Å². The van der Waals surface area contributed by atoms with Crippen molar-refractivity contribution in [2.75, 3.05) is 19.8 Å². The van der Waals surface area contributed by atoms with Crippen LogP contribution in [0.1, 0.15) is 24.8 Å². The SMILES string of the molecule is O=C(COCc1ccccc1)NCCCCCO. The van der Waals surface area contributed by atoms with E-state index in [9.17, 15) is 4.79 Å². The standard InChI is InChI=1S/C14H21NO3/c16-10-6-2-5-9-15-14(17)12-18-11-13-7-3-1-4-8-13/h1,3-4,7-8,16H,2,5-6,9-12H2,(H,15,17). The van der Waals surface area contributed by atoms with Crippen LogP contribution in [-0.2, 0) is 16.1 Å². The summed E-state index contributed by atoms with van der Waals surface area (Å²) in [6.45, 7) is 1.41. The Kier molecular flexibility index (Phi) is 7.84. The third kappa shape index (κ3) is 7.04. The average molecular weight is 251 g/mol. The first-order valence-electron chi connectivity index (χ1n) is 6.32. The number of benzene rings is 1. The molecule has 2 N–H and O–H groups in total. The van der Waals surface area contributed by atoms with Gasteiger partial charge in [0, 0.05) is 13.2 Å². The molecule has 4 heteroatoms. The number of aliphatic hydroxyl groups excluding tert-OH is 1. The summed E-state index contributed by atoms with van der Waals surface area (Å²) in [5.41, 5.74) is 1.06. The first-order chi connectivity index (χ1) is 8.83. The lowest BCUT2D eigenvalue weighted by atomic mass is 10.2. The van der Waals surface area contributed by atoms with Gasteiger partial charge in [-0.3, -0.25) is 4.79 Å². The van der Waals surface area contributed by atoms with Gasteiger partial charge < -0.3 is 15.2 Å². The van der Waals surface area contributed by atoms with E-state index in [1.54, 1.807) is 0 Å². The Labute approximate surface area is 108 Å². The van der Waals surface area contributed by atoms with Gasteiger partial charge in [-0.25, -0.2) is 0 Å². The highest BCUT2D eigenvalue weighted by Crippen LogP contribution is 1.99. The van der Waals surface area contributed by atoms with E-state index in [0.29, 0.717) is 13.2 Å². The molecule has 1 aromatic carbocycles. The molecule has 0 spiro atoms. The first kappa shape index (κ1) is 14.7. The molecular formula is C14H21NO3. The fraction of sp³-hybridized carbons (Fsp3) is 0.500. The van der Waals surface area contributed by atoms with Crippen LogP contribution in [0.2, 0.25) is 0 Å². The molecule has 0 aliphatic rings. The fourth-order valence-corrected chi connectivity index (χ4v) is 1.53. The number of carbonyl (C=O) groups excluding carboxylic acids is 1. The molecule has 100 valence electrons. The van der Waals surface area contributed by atoms with Gasteiger partial charge in [-0.1, -0.05) is 30.3 Å². The zero-order valence-electron chi connectivity index (χ0n) is 10.6. The molecule has 0 bridgehead atoms. The van der Waals surface area contributed by atoms with Gasteiger partial charge in [0.05, 0.1) is 6.61 Å². The van der Waals surface area contributed by atoms with E-state index in [4.69, 9.17) is 9.84 Å². The van der Waals surface area contributed by atoms with Crippen molar-refractivity contribution < 1.29 is 14.6 Å². The molecule has 0 aliphatic heterocycles. The van der Waals surface area contributed by atoms with Crippen molar-refractivity contribution in [3.63, 3.8) is 0 Å². The maximum atomic E-state index is 11.4. The van der Waals surface area contributed by atoms with Crippen molar-refractivity contribution in [2.24, 2.45) is 0 Å². The largest absolute Gasteiger partial charge is 0.396 e. The minimum absolute atomic E-state index is 0.0880. The van der Waals surface area contributed by atoms with Gasteiger partial charge in [0.2, 0.25) is 5.91 Å². The second kappa shape index (κ2) is 9.62. The maximum Gasteiger partial charge on any atom is 0.246 e. The third-order valence-corrected chi connectivity index (χ3v) is 2.50. The van der Waals surface area contributed by atoms with E-state index in [1.165, 1.54) is 0 Å². The van der Waals surface area contributed by atoms with Crippen LogP contribution in [-0.4, -0.2) is 30.8 Å².